The van der Waals surface area contributed by atoms with Crippen molar-refractivity contribution in [1.82, 2.24) is 5.43 Å². The Morgan fingerprint density at radius 3 is 2.71 bits per heavy atom. The standard InChI is InChI=1S/C17H16N2O5/c1-2-22-14-8-16-15(23-10-24-16)7-12(14)9-18-19-17(21)11-3-5-13(20)6-4-11/h3-9,20H,2,10H2,1H3,(H,19,21)/b18-9+. The predicted octanol–water partition coefficient (Wildman–Crippen LogP) is 2.28. The normalized spacial score (nSPS) is 12.4. The third-order valence-electron chi connectivity index (χ3n) is 3.30. The molecule has 1 amide bonds. The fourth-order valence-electron chi connectivity index (χ4n) is 2.16. The summed E-state index contributed by atoms with van der Waals surface area (Å²) in [6.45, 7) is 2.53. The SMILES string of the molecule is CCOc1cc2c(cc1/C=N/NC(=O)c1ccc(O)cc1)OCO2. The summed E-state index contributed by atoms with van der Waals surface area (Å²) in [5.41, 5.74) is 3.47. The van der Waals surface area contributed by atoms with Crippen LogP contribution in [-0.2, 0) is 0 Å². The van der Waals surface area contributed by atoms with Gasteiger partial charge in [-0.2, -0.15) is 5.10 Å². The van der Waals surface area contributed by atoms with Crippen LogP contribution in [0.5, 0.6) is 23.0 Å². The van der Waals surface area contributed by atoms with Crippen molar-refractivity contribution < 1.29 is 24.1 Å². The number of phenolic OH excluding ortho intramolecular Hbond substituents is 1. The lowest BCUT2D eigenvalue weighted by Crippen LogP contribution is -2.17. The first-order chi connectivity index (χ1) is 11.7. The number of carbonyl (C=O) groups excluding carboxylic acids is 1. The highest BCUT2D eigenvalue weighted by Crippen LogP contribution is 2.37. The van der Waals surface area contributed by atoms with Gasteiger partial charge in [0.2, 0.25) is 6.79 Å². The second-order valence-electron chi connectivity index (χ2n) is 4.92. The van der Waals surface area contributed by atoms with Gasteiger partial charge in [-0.15, -0.1) is 0 Å². The van der Waals surface area contributed by atoms with E-state index in [2.05, 4.69) is 10.5 Å². The van der Waals surface area contributed by atoms with Gasteiger partial charge in [0.15, 0.2) is 11.5 Å². The van der Waals surface area contributed by atoms with E-state index in [1.165, 1.54) is 30.5 Å². The largest absolute Gasteiger partial charge is 0.508 e. The van der Waals surface area contributed by atoms with Gasteiger partial charge in [0.1, 0.15) is 11.5 Å². The molecule has 2 aromatic carbocycles. The van der Waals surface area contributed by atoms with Crippen LogP contribution in [0.2, 0.25) is 0 Å². The molecule has 0 aromatic heterocycles. The average molecular weight is 328 g/mol. The van der Waals surface area contributed by atoms with E-state index in [-0.39, 0.29) is 18.4 Å². The van der Waals surface area contributed by atoms with E-state index >= 15 is 0 Å². The summed E-state index contributed by atoms with van der Waals surface area (Å²) in [6, 6.07) is 9.35. The van der Waals surface area contributed by atoms with Crippen LogP contribution in [0, 0.1) is 0 Å². The number of phenols is 1. The fourth-order valence-corrected chi connectivity index (χ4v) is 2.16. The second-order valence-corrected chi connectivity index (χ2v) is 4.92. The second kappa shape index (κ2) is 6.91. The van der Waals surface area contributed by atoms with E-state index < -0.39 is 0 Å². The molecule has 0 radical (unpaired) electrons. The van der Waals surface area contributed by atoms with Gasteiger partial charge in [-0.05, 0) is 37.3 Å². The summed E-state index contributed by atoms with van der Waals surface area (Å²) in [5.74, 6) is 1.51. The van der Waals surface area contributed by atoms with Crippen LogP contribution in [-0.4, -0.2) is 30.6 Å². The van der Waals surface area contributed by atoms with Gasteiger partial charge in [-0.3, -0.25) is 4.79 Å². The highest BCUT2D eigenvalue weighted by Gasteiger charge is 2.17. The lowest BCUT2D eigenvalue weighted by Gasteiger charge is -2.08. The van der Waals surface area contributed by atoms with Crippen molar-refractivity contribution in [3.8, 4) is 23.0 Å². The molecular formula is C17H16N2O5. The number of carbonyl (C=O) groups is 1. The van der Waals surface area contributed by atoms with Gasteiger partial charge in [0.25, 0.3) is 5.91 Å². The number of amides is 1. The van der Waals surface area contributed by atoms with Crippen molar-refractivity contribution in [3.05, 3.63) is 47.5 Å². The van der Waals surface area contributed by atoms with Crippen LogP contribution >= 0.6 is 0 Å². The summed E-state index contributed by atoms with van der Waals surface area (Å²) in [4.78, 5) is 12.0. The number of ether oxygens (including phenoxy) is 3. The highest BCUT2D eigenvalue weighted by molar-refractivity contribution is 5.95. The Bertz CT molecular complexity index is 771. The van der Waals surface area contributed by atoms with Crippen molar-refractivity contribution in [2.24, 2.45) is 5.10 Å². The summed E-state index contributed by atoms with van der Waals surface area (Å²) >= 11 is 0. The first-order valence-corrected chi connectivity index (χ1v) is 7.36. The van der Waals surface area contributed by atoms with Crippen LogP contribution in [0.4, 0.5) is 0 Å². The summed E-state index contributed by atoms with van der Waals surface area (Å²) in [7, 11) is 0. The van der Waals surface area contributed by atoms with Gasteiger partial charge in [0, 0.05) is 17.2 Å². The predicted molar refractivity (Wildman–Crippen MR) is 86.9 cm³/mol. The molecule has 1 aliphatic heterocycles. The van der Waals surface area contributed by atoms with Crippen molar-refractivity contribution in [1.29, 1.82) is 0 Å². The Kier molecular flexibility index (Phi) is 4.51. The van der Waals surface area contributed by atoms with Gasteiger partial charge < -0.3 is 19.3 Å². The maximum Gasteiger partial charge on any atom is 0.271 e. The quantitative estimate of drug-likeness (QED) is 0.649. The Labute approximate surface area is 138 Å². The Hall–Kier alpha value is -3.22. The van der Waals surface area contributed by atoms with Crippen LogP contribution < -0.4 is 19.6 Å². The Morgan fingerprint density at radius 1 is 1.29 bits per heavy atom. The maximum atomic E-state index is 12.0. The van der Waals surface area contributed by atoms with E-state index in [1.54, 1.807) is 12.1 Å². The molecule has 0 fully saturated rings. The molecule has 0 saturated heterocycles. The number of hydrogen-bond donors (Lipinski definition) is 2. The summed E-state index contributed by atoms with van der Waals surface area (Å²) in [5, 5.41) is 13.2. The maximum absolute atomic E-state index is 12.0. The smallest absolute Gasteiger partial charge is 0.271 e. The molecule has 0 saturated carbocycles. The fraction of sp³-hybridized carbons (Fsp3) is 0.176. The number of aromatic hydroxyl groups is 1. The number of hydrogen-bond acceptors (Lipinski definition) is 6. The zero-order chi connectivity index (χ0) is 16.9. The number of nitrogens with one attached hydrogen (secondary N) is 1. The molecule has 1 heterocycles. The summed E-state index contributed by atoms with van der Waals surface area (Å²) < 4.78 is 16.2. The van der Waals surface area contributed by atoms with Crippen LogP contribution in [0.1, 0.15) is 22.8 Å². The molecule has 7 heteroatoms. The van der Waals surface area contributed by atoms with Crippen LogP contribution in [0.25, 0.3) is 0 Å². The zero-order valence-corrected chi connectivity index (χ0v) is 13.0. The van der Waals surface area contributed by atoms with E-state index in [0.29, 0.717) is 35.0 Å². The topological polar surface area (TPSA) is 89.4 Å². The molecule has 0 spiro atoms. The molecule has 7 nitrogen and oxygen atoms in total. The first-order valence-electron chi connectivity index (χ1n) is 7.36. The number of benzene rings is 2. The molecule has 24 heavy (non-hydrogen) atoms. The van der Waals surface area contributed by atoms with E-state index in [1.807, 2.05) is 6.92 Å². The van der Waals surface area contributed by atoms with Crippen molar-refractivity contribution in [2.45, 2.75) is 6.92 Å². The van der Waals surface area contributed by atoms with Crippen molar-refractivity contribution >= 4 is 12.1 Å². The number of hydrazone groups is 1. The van der Waals surface area contributed by atoms with Gasteiger partial charge in [-0.1, -0.05) is 0 Å². The molecule has 0 aliphatic carbocycles. The van der Waals surface area contributed by atoms with Crippen molar-refractivity contribution in [2.75, 3.05) is 13.4 Å². The minimum Gasteiger partial charge on any atom is -0.508 e. The van der Waals surface area contributed by atoms with Crippen LogP contribution in [0.15, 0.2) is 41.5 Å². The monoisotopic (exact) mass is 328 g/mol. The van der Waals surface area contributed by atoms with Gasteiger partial charge in [0.05, 0.1) is 12.8 Å². The lowest BCUT2D eigenvalue weighted by atomic mass is 10.2. The molecule has 1 aliphatic rings. The van der Waals surface area contributed by atoms with Gasteiger partial charge in [-0.25, -0.2) is 5.43 Å². The number of rotatable bonds is 5. The van der Waals surface area contributed by atoms with E-state index in [0.717, 1.165) is 0 Å². The third kappa shape index (κ3) is 3.40. The first kappa shape index (κ1) is 15.7. The zero-order valence-electron chi connectivity index (χ0n) is 13.0. The molecule has 2 N–H and O–H groups in total. The molecular weight excluding hydrogens is 312 g/mol. The van der Waals surface area contributed by atoms with Crippen LogP contribution in [0.3, 0.4) is 0 Å². The van der Waals surface area contributed by atoms with E-state index in [4.69, 9.17) is 14.2 Å². The molecule has 2 aromatic rings. The Balaban J connectivity index is 1.74. The summed E-state index contributed by atoms with van der Waals surface area (Å²) in [6.07, 6.45) is 1.48. The average Bonchev–Trinajstić information content (AvgIpc) is 3.03. The van der Waals surface area contributed by atoms with E-state index in [9.17, 15) is 9.90 Å². The Morgan fingerprint density at radius 2 is 2.00 bits per heavy atom. The minimum absolute atomic E-state index is 0.0942. The highest BCUT2D eigenvalue weighted by atomic mass is 16.7. The minimum atomic E-state index is -0.384. The molecule has 3 rings (SSSR count). The molecule has 0 bridgehead atoms. The van der Waals surface area contributed by atoms with Gasteiger partial charge >= 0.3 is 0 Å². The number of nitrogens with zero attached hydrogens (tertiary/aromatic N) is 1. The molecule has 0 atom stereocenters. The van der Waals surface area contributed by atoms with Crippen molar-refractivity contribution in [3.63, 3.8) is 0 Å². The molecule has 0 unspecified atom stereocenters. The number of fused-ring (bicyclic) bond motifs is 1. The molecule has 124 valence electrons. The third-order valence-corrected chi connectivity index (χ3v) is 3.30. The lowest BCUT2D eigenvalue weighted by molar-refractivity contribution is 0.0955.